The van der Waals surface area contributed by atoms with E-state index in [2.05, 4.69) is 44.4 Å². The number of rotatable bonds is 24. The van der Waals surface area contributed by atoms with Crippen LogP contribution in [0.2, 0.25) is 0 Å². The molecular weight excluding hydrogens is 808 g/mol. The molecule has 0 bridgehead atoms. The van der Waals surface area contributed by atoms with Gasteiger partial charge in [-0.3, -0.25) is 4.90 Å². The molecule has 1 fully saturated rings. The summed E-state index contributed by atoms with van der Waals surface area (Å²) in [4.78, 5) is 5.03. The van der Waals surface area contributed by atoms with E-state index in [-0.39, 0.29) is 17.7 Å². The average Bonchev–Trinajstić information content (AvgIpc) is 3.28. The summed E-state index contributed by atoms with van der Waals surface area (Å²) in [7, 11) is 0. The van der Waals surface area contributed by atoms with Crippen LogP contribution in [-0.4, -0.2) is 48.7 Å². The molecule has 0 aromatic heterocycles. The van der Waals surface area contributed by atoms with E-state index < -0.39 is 11.7 Å². The zero-order valence-electron chi connectivity index (χ0n) is 41.2. The quantitative estimate of drug-likeness (QED) is 0.0502. The topological polar surface area (TPSA) is 6.48 Å². The number of alkyl halides is 3. The van der Waals surface area contributed by atoms with Crippen LogP contribution in [0.1, 0.15) is 191 Å². The molecule has 0 N–H and O–H groups in total. The molecule has 3 aromatic carbocycles. The van der Waals surface area contributed by atoms with Gasteiger partial charge < -0.3 is 4.90 Å². The highest BCUT2D eigenvalue weighted by Crippen LogP contribution is 2.42. The summed E-state index contributed by atoms with van der Waals surface area (Å²) in [5.41, 5.74) is 7.21. The number of aryl methyl sites for hydroxylation is 2. The highest BCUT2D eigenvalue weighted by atomic mass is 19.4. The Morgan fingerprint density at radius 2 is 1.22 bits per heavy atom. The Morgan fingerprint density at radius 1 is 0.672 bits per heavy atom. The van der Waals surface area contributed by atoms with Crippen LogP contribution in [-0.2, 0) is 6.42 Å². The predicted molar refractivity (Wildman–Crippen MR) is 265 cm³/mol. The van der Waals surface area contributed by atoms with Crippen molar-refractivity contribution >= 4 is 11.1 Å². The maximum absolute atomic E-state index is 14.4. The van der Waals surface area contributed by atoms with Gasteiger partial charge in [0.15, 0.2) is 0 Å². The monoisotopic (exact) mass is 891 g/mol. The van der Waals surface area contributed by atoms with Crippen molar-refractivity contribution in [2.45, 2.75) is 177 Å². The van der Waals surface area contributed by atoms with E-state index >= 15 is 0 Å². The first-order chi connectivity index (χ1) is 30.6. The molecule has 3 aromatic rings. The average molecular weight is 891 g/mol. The first-order valence-corrected chi connectivity index (χ1v) is 24.9. The molecule has 7 heteroatoms. The second kappa shape index (κ2) is 29.2. The lowest BCUT2D eigenvalue weighted by Crippen LogP contribution is -2.48. The first-order valence-electron chi connectivity index (χ1n) is 24.9. The van der Waals surface area contributed by atoms with Crippen molar-refractivity contribution in [1.82, 2.24) is 9.80 Å². The second-order valence-corrected chi connectivity index (χ2v) is 18.5. The molecular formula is C57H83F5N2. The van der Waals surface area contributed by atoms with Gasteiger partial charge in [-0.05, 0) is 142 Å². The van der Waals surface area contributed by atoms with Crippen molar-refractivity contribution < 1.29 is 22.0 Å². The van der Waals surface area contributed by atoms with Gasteiger partial charge in [0, 0.05) is 26.2 Å². The molecule has 1 atom stereocenters. The highest BCUT2D eigenvalue weighted by molar-refractivity contribution is 5.86. The molecule has 1 heterocycles. The van der Waals surface area contributed by atoms with Crippen LogP contribution >= 0.6 is 0 Å². The van der Waals surface area contributed by atoms with Crippen LogP contribution in [0.25, 0.3) is 11.1 Å². The fourth-order valence-corrected chi connectivity index (χ4v) is 8.78. The van der Waals surface area contributed by atoms with Gasteiger partial charge in [0.2, 0.25) is 0 Å². The van der Waals surface area contributed by atoms with Crippen LogP contribution < -0.4 is 0 Å². The third kappa shape index (κ3) is 18.4. The Balaban J connectivity index is 0.000000344. The lowest BCUT2D eigenvalue weighted by molar-refractivity contribution is -0.0690. The molecule has 0 saturated carbocycles. The summed E-state index contributed by atoms with van der Waals surface area (Å²) in [6.45, 7) is 23.8. The third-order valence-electron chi connectivity index (χ3n) is 13.3. The predicted octanol–water partition coefficient (Wildman–Crippen LogP) is 17.5. The zero-order valence-corrected chi connectivity index (χ0v) is 41.2. The van der Waals surface area contributed by atoms with Crippen molar-refractivity contribution in [2.75, 3.05) is 32.7 Å². The smallest absolute Gasteiger partial charge is 0.301 e. The third-order valence-corrected chi connectivity index (χ3v) is 13.3. The Bertz CT molecular complexity index is 1820. The first kappa shape index (κ1) is 54.8. The highest BCUT2D eigenvalue weighted by Gasteiger charge is 2.37. The minimum absolute atomic E-state index is 0.0312. The number of halogens is 5. The number of allylic oxidation sites excluding steroid dienone is 6. The molecule has 0 amide bonds. The van der Waals surface area contributed by atoms with Gasteiger partial charge in [0.1, 0.15) is 11.6 Å². The molecule has 1 saturated heterocycles. The molecule has 64 heavy (non-hydrogen) atoms. The minimum Gasteiger partial charge on any atom is -0.301 e. The van der Waals surface area contributed by atoms with Crippen LogP contribution in [0.4, 0.5) is 22.0 Å². The van der Waals surface area contributed by atoms with E-state index in [1.54, 1.807) is 6.92 Å². The standard InChI is InChI=1S/C30H44F2N2.C27H39F3/c1-3-25(2)11-9-7-5-4-6-8-10-20-33-21-23-34(24-22-33)30(26-12-16-28(31)17-13-26)27-14-18-29(32)19-15-27;1-8-11-13-14-19(4)18-24(27(28,29)30)26-23(15-12-9-2)17-16-21(6)25(26)22(7)20(5)10-3/h12-19,25,30H,3-11,20-24H2,1-2H3;14,16-18H,8-13,15H2,1-7H3/b;19-14+,22-20+,24-18+/t25-;/m1./s1. The van der Waals surface area contributed by atoms with E-state index in [1.165, 1.54) is 94.7 Å². The largest absolute Gasteiger partial charge is 0.417 e. The van der Waals surface area contributed by atoms with Gasteiger partial charge in [0.05, 0.1) is 11.6 Å². The van der Waals surface area contributed by atoms with Crippen LogP contribution in [0, 0.1) is 24.5 Å². The van der Waals surface area contributed by atoms with Crippen molar-refractivity contribution in [1.29, 1.82) is 0 Å². The Labute approximate surface area is 386 Å². The molecule has 0 unspecified atom stereocenters. The normalized spacial score (nSPS) is 15.3. The summed E-state index contributed by atoms with van der Waals surface area (Å²) in [5.74, 6) is 0.442. The van der Waals surface area contributed by atoms with E-state index in [1.807, 2.05) is 63.2 Å². The lowest BCUT2D eigenvalue weighted by Gasteiger charge is -2.40. The van der Waals surface area contributed by atoms with E-state index in [4.69, 9.17) is 0 Å². The number of hydrogen-bond acceptors (Lipinski definition) is 2. The molecule has 4 rings (SSSR count). The van der Waals surface area contributed by atoms with Gasteiger partial charge in [-0.15, -0.1) is 0 Å². The maximum atomic E-state index is 14.4. The molecule has 1 aliphatic heterocycles. The van der Waals surface area contributed by atoms with Crippen molar-refractivity contribution in [2.24, 2.45) is 5.92 Å². The van der Waals surface area contributed by atoms with E-state index in [9.17, 15) is 22.0 Å². The van der Waals surface area contributed by atoms with E-state index in [0.717, 1.165) is 110 Å². The molecule has 0 spiro atoms. The lowest BCUT2D eigenvalue weighted by atomic mass is 9.83. The number of benzene rings is 3. The fourth-order valence-electron chi connectivity index (χ4n) is 8.78. The summed E-state index contributed by atoms with van der Waals surface area (Å²) in [5, 5.41) is 0. The second-order valence-electron chi connectivity index (χ2n) is 18.5. The van der Waals surface area contributed by atoms with Crippen molar-refractivity contribution in [3.8, 4) is 0 Å². The molecule has 1 aliphatic rings. The number of nitrogens with zero attached hydrogens (tertiary/aromatic N) is 2. The van der Waals surface area contributed by atoms with Gasteiger partial charge in [-0.2, -0.15) is 13.2 Å². The number of unbranched alkanes of at least 4 members (excludes halogenated alkanes) is 9. The van der Waals surface area contributed by atoms with Crippen LogP contribution in [0.3, 0.4) is 0 Å². The fraction of sp³-hybridized carbons (Fsp3) is 0.579. The van der Waals surface area contributed by atoms with Crippen molar-refractivity contribution in [3.05, 3.63) is 129 Å². The summed E-state index contributed by atoms with van der Waals surface area (Å²) in [6, 6.07) is 17.4. The number of hydrogen-bond donors (Lipinski definition) is 0. The Hall–Kier alpha value is -3.55. The van der Waals surface area contributed by atoms with E-state index in [0.29, 0.717) is 17.6 Å². The van der Waals surface area contributed by atoms with Crippen LogP contribution in [0.15, 0.2) is 84.0 Å². The van der Waals surface area contributed by atoms with Crippen molar-refractivity contribution in [3.63, 3.8) is 0 Å². The molecule has 0 aliphatic carbocycles. The Kier molecular flexibility index (Phi) is 25.0. The number of piperazine rings is 1. The SMILES string of the molecule is CCCC/C=C(C)/C=C(\c1c(CCCC)ccc(C)c1/C(C)=C(\C)CC)C(F)(F)F.CC[C@@H](C)CCCCCCCCCN1CCN(C(c2ccc(F)cc2)c2ccc(F)cc2)CC1. The minimum atomic E-state index is -4.41. The summed E-state index contributed by atoms with van der Waals surface area (Å²) < 4.78 is 70.3. The molecule has 356 valence electrons. The molecule has 2 nitrogen and oxygen atoms in total. The van der Waals surface area contributed by atoms with Gasteiger partial charge in [-0.1, -0.05) is 159 Å². The molecule has 0 radical (unpaired) electrons. The Morgan fingerprint density at radius 3 is 1.73 bits per heavy atom. The van der Waals surface area contributed by atoms with Gasteiger partial charge in [-0.25, -0.2) is 8.78 Å². The maximum Gasteiger partial charge on any atom is 0.417 e. The van der Waals surface area contributed by atoms with Gasteiger partial charge in [0.25, 0.3) is 0 Å². The summed E-state index contributed by atoms with van der Waals surface area (Å²) in [6.07, 6.45) is 17.3. The summed E-state index contributed by atoms with van der Waals surface area (Å²) >= 11 is 0. The van der Waals surface area contributed by atoms with Gasteiger partial charge >= 0.3 is 6.18 Å². The zero-order chi connectivity index (χ0) is 47.1. The van der Waals surface area contributed by atoms with Crippen LogP contribution in [0.5, 0.6) is 0 Å².